The maximum atomic E-state index is 14.2. The van der Waals surface area contributed by atoms with Crippen LogP contribution in [0, 0.1) is 24.0 Å². The number of anilines is 2. The molecular formula is C25H22ClF2N. The van der Waals surface area contributed by atoms with Crippen molar-refractivity contribution in [2.75, 3.05) is 5.32 Å². The van der Waals surface area contributed by atoms with Gasteiger partial charge in [-0.1, -0.05) is 35.7 Å². The van der Waals surface area contributed by atoms with Crippen LogP contribution in [0.2, 0.25) is 5.02 Å². The van der Waals surface area contributed by atoms with E-state index in [9.17, 15) is 8.78 Å². The Morgan fingerprint density at radius 3 is 2.34 bits per heavy atom. The third-order valence-corrected chi connectivity index (χ3v) is 5.35. The molecule has 148 valence electrons. The molecular weight excluding hydrogens is 388 g/mol. The molecule has 3 aromatic carbocycles. The molecule has 0 amide bonds. The van der Waals surface area contributed by atoms with Crippen molar-refractivity contribution in [3.8, 4) is 12.3 Å². The Kier molecular flexibility index (Phi) is 6.56. The van der Waals surface area contributed by atoms with Gasteiger partial charge in [-0.05, 0) is 85.8 Å². The predicted molar refractivity (Wildman–Crippen MR) is 117 cm³/mol. The average molecular weight is 410 g/mol. The average Bonchev–Trinajstić information content (AvgIpc) is 2.72. The molecule has 1 unspecified atom stereocenters. The van der Waals surface area contributed by atoms with Gasteiger partial charge in [0.15, 0.2) is 0 Å². The summed E-state index contributed by atoms with van der Waals surface area (Å²) in [6, 6.07) is 18.5. The minimum atomic E-state index is -0.389. The molecule has 0 aromatic heterocycles. The molecule has 29 heavy (non-hydrogen) atoms. The molecule has 0 saturated heterocycles. The normalized spacial score (nSPS) is 12.8. The molecule has 0 heterocycles. The van der Waals surface area contributed by atoms with E-state index in [0.29, 0.717) is 16.4 Å². The first-order valence-corrected chi connectivity index (χ1v) is 9.82. The van der Waals surface area contributed by atoms with Gasteiger partial charge >= 0.3 is 0 Å². The van der Waals surface area contributed by atoms with Gasteiger partial charge in [-0.25, -0.2) is 8.78 Å². The van der Waals surface area contributed by atoms with Crippen LogP contribution in [0.15, 0.2) is 66.7 Å². The Morgan fingerprint density at radius 2 is 1.69 bits per heavy atom. The van der Waals surface area contributed by atoms with Crippen molar-refractivity contribution in [3.63, 3.8) is 0 Å². The van der Waals surface area contributed by atoms with Crippen LogP contribution in [0.1, 0.15) is 30.9 Å². The standard InChI is InChI=1S/C25H22ClF2N/c1-3-25(2,19-7-9-20(26)10-8-19)16-4-5-18-6-15-23(28)24(17-18)29-22-13-11-21(27)12-14-22/h1,6-15,17,29H,4-5,16H2,2H3. The SMILES string of the molecule is C#CC(C)(CCCc1ccc(F)c(Nc2ccc(F)cc2)c1)c1ccc(Cl)cc1. The second-order valence-electron chi connectivity index (χ2n) is 7.28. The lowest BCUT2D eigenvalue weighted by Gasteiger charge is -2.24. The van der Waals surface area contributed by atoms with E-state index in [1.54, 1.807) is 24.3 Å². The van der Waals surface area contributed by atoms with Crippen molar-refractivity contribution in [2.24, 2.45) is 0 Å². The second kappa shape index (κ2) is 9.11. The van der Waals surface area contributed by atoms with Crippen LogP contribution in [0.5, 0.6) is 0 Å². The summed E-state index contributed by atoms with van der Waals surface area (Å²) >= 11 is 5.98. The van der Waals surface area contributed by atoms with E-state index in [1.807, 2.05) is 31.2 Å². The lowest BCUT2D eigenvalue weighted by atomic mass is 9.79. The minimum Gasteiger partial charge on any atom is -0.353 e. The summed E-state index contributed by atoms with van der Waals surface area (Å²) in [7, 11) is 0. The van der Waals surface area contributed by atoms with Crippen molar-refractivity contribution in [1.29, 1.82) is 0 Å². The Hall–Kier alpha value is -2.83. The summed E-state index contributed by atoms with van der Waals surface area (Å²) in [6.07, 6.45) is 8.24. The van der Waals surface area contributed by atoms with Crippen LogP contribution in [-0.4, -0.2) is 0 Å². The molecule has 0 spiro atoms. The Labute approximate surface area is 175 Å². The number of nitrogens with one attached hydrogen (secondary N) is 1. The maximum Gasteiger partial charge on any atom is 0.146 e. The highest BCUT2D eigenvalue weighted by atomic mass is 35.5. The lowest BCUT2D eigenvalue weighted by Crippen LogP contribution is -2.19. The van der Waals surface area contributed by atoms with E-state index in [1.165, 1.54) is 18.2 Å². The fraction of sp³-hybridized carbons (Fsp3) is 0.200. The van der Waals surface area contributed by atoms with Crippen LogP contribution in [0.4, 0.5) is 20.2 Å². The van der Waals surface area contributed by atoms with Gasteiger partial charge in [0.05, 0.1) is 11.1 Å². The van der Waals surface area contributed by atoms with Gasteiger partial charge in [0.2, 0.25) is 0 Å². The number of benzene rings is 3. The number of terminal acetylenes is 1. The van der Waals surface area contributed by atoms with Gasteiger partial charge in [0.25, 0.3) is 0 Å². The maximum absolute atomic E-state index is 14.2. The molecule has 0 bridgehead atoms. The molecule has 0 fully saturated rings. The molecule has 3 rings (SSSR count). The van der Waals surface area contributed by atoms with Gasteiger partial charge in [-0.15, -0.1) is 6.42 Å². The fourth-order valence-electron chi connectivity index (χ4n) is 3.28. The van der Waals surface area contributed by atoms with Crippen LogP contribution in [0.25, 0.3) is 0 Å². The molecule has 3 aromatic rings. The van der Waals surface area contributed by atoms with Crippen LogP contribution >= 0.6 is 11.6 Å². The molecule has 0 saturated carbocycles. The third kappa shape index (κ3) is 5.37. The number of rotatable bonds is 7. The summed E-state index contributed by atoms with van der Waals surface area (Å²) in [5, 5.41) is 3.68. The molecule has 0 radical (unpaired) electrons. The first-order valence-electron chi connectivity index (χ1n) is 9.44. The smallest absolute Gasteiger partial charge is 0.146 e. The van der Waals surface area contributed by atoms with Crippen molar-refractivity contribution >= 4 is 23.0 Å². The minimum absolute atomic E-state index is 0.331. The molecule has 1 nitrogen and oxygen atoms in total. The van der Waals surface area contributed by atoms with Crippen molar-refractivity contribution < 1.29 is 8.78 Å². The van der Waals surface area contributed by atoms with E-state index in [4.69, 9.17) is 18.0 Å². The van der Waals surface area contributed by atoms with E-state index < -0.39 is 0 Å². The summed E-state index contributed by atoms with van der Waals surface area (Å²) in [5.74, 6) is 2.23. The van der Waals surface area contributed by atoms with Gasteiger partial charge in [0.1, 0.15) is 11.6 Å². The largest absolute Gasteiger partial charge is 0.353 e. The van der Waals surface area contributed by atoms with Crippen molar-refractivity contribution in [2.45, 2.75) is 31.6 Å². The summed E-state index contributed by atoms with van der Waals surface area (Å²) in [6.45, 7) is 2.04. The number of halogens is 3. The van der Waals surface area contributed by atoms with Gasteiger partial charge < -0.3 is 5.32 Å². The van der Waals surface area contributed by atoms with Gasteiger partial charge in [-0.2, -0.15) is 0 Å². The lowest BCUT2D eigenvalue weighted by molar-refractivity contribution is 0.533. The van der Waals surface area contributed by atoms with E-state index in [0.717, 1.165) is 30.4 Å². The Balaban J connectivity index is 1.66. The Morgan fingerprint density at radius 1 is 1.00 bits per heavy atom. The molecule has 0 aliphatic carbocycles. The third-order valence-electron chi connectivity index (χ3n) is 5.10. The second-order valence-corrected chi connectivity index (χ2v) is 7.72. The zero-order valence-electron chi connectivity index (χ0n) is 16.2. The monoisotopic (exact) mass is 409 g/mol. The highest BCUT2D eigenvalue weighted by Gasteiger charge is 2.23. The molecule has 0 aliphatic heterocycles. The molecule has 4 heteroatoms. The van der Waals surface area contributed by atoms with Crippen LogP contribution in [-0.2, 0) is 11.8 Å². The van der Waals surface area contributed by atoms with Crippen molar-refractivity contribution in [3.05, 3.63) is 94.5 Å². The van der Waals surface area contributed by atoms with Gasteiger partial charge in [0, 0.05) is 10.7 Å². The molecule has 1 atom stereocenters. The topological polar surface area (TPSA) is 12.0 Å². The summed E-state index contributed by atoms with van der Waals surface area (Å²) < 4.78 is 27.2. The quantitative estimate of drug-likeness (QED) is 0.404. The van der Waals surface area contributed by atoms with Crippen LogP contribution < -0.4 is 5.32 Å². The first kappa shape index (κ1) is 20.9. The molecule has 0 aliphatic rings. The predicted octanol–water partition coefficient (Wildman–Crippen LogP) is 7.28. The van der Waals surface area contributed by atoms with Crippen LogP contribution in [0.3, 0.4) is 0 Å². The summed E-state index contributed by atoms with van der Waals surface area (Å²) in [4.78, 5) is 0. The first-order chi connectivity index (χ1) is 13.9. The fourth-order valence-corrected chi connectivity index (χ4v) is 3.40. The summed E-state index contributed by atoms with van der Waals surface area (Å²) in [5.41, 5.74) is 2.67. The molecule has 1 N–H and O–H groups in total. The van der Waals surface area contributed by atoms with Gasteiger partial charge in [-0.3, -0.25) is 0 Å². The zero-order chi connectivity index (χ0) is 20.9. The van der Waals surface area contributed by atoms with E-state index >= 15 is 0 Å². The van der Waals surface area contributed by atoms with E-state index in [-0.39, 0.29) is 17.0 Å². The van der Waals surface area contributed by atoms with Crippen molar-refractivity contribution in [1.82, 2.24) is 0 Å². The Bertz CT molecular complexity index is 1010. The number of hydrogen-bond acceptors (Lipinski definition) is 1. The highest BCUT2D eigenvalue weighted by molar-refractivity contribution is 6.30. The van der Waals surface area contributed by atoms with E-state index in [2.05, 4.69) is 11.2 Å². The number of aryl methyl sites for hydroxylation is 1. The number of hydrogen-bond donors (Lipinski definition) is 1. The highest BCUT2D eigenvalue weighted by Crippen LogP contribution is 2.30. The zero-order valence-corrected chi connectivity index (χ0v) is 16.9.